The van der Waals surface area contributed by atoms with Crippen molar-refractivity contribution in [1.82, 2.24) is 0 Å². The summed E-state index contributed by atoms with van der Waals surface area (Å²) in [4.78, 5) is 12.9. The molecule has 0 aromatic carbocycles. The minimum atomic E-state index is -2.64. The first-order valence-corrected chi connectivity index (χ1v) is 23.4. The van der Waals surface area contributed by atoms with Crippen LogP contribution in [-0.2, 0) is 22.8 Å². The number of hydrogen-bond donors (Lipinski definition) is 0. The summed E-state index contributed by atoms with van der Waals surface area (Å²) in [5.74, 6) is -0.276. The molecule has 5 nitrogen and oxygen atoms in total. The largest absolute Gasteiger partial charge is 0.461 e. The highest BCUT2D eigenvalue weighted by Gasteiger charge is 2.77. The molecular weight excluding hydrogens is 529 g/mol. The average Bonchev–Trinajstić information content (AvgIpc) is 2.69. The Bertz CT molecular complexity index is 886. The van der Waals surface area contributed by atoms with Crippen LogP contribution in [0.25, 0.3) is 0 Å². The van der Waals surface area contributed by atoms with Crippen LogP contribution in [0.1, 0.15) is 93.9 Å². The SMILES string of the molecule is C=C(C)C(=O)OC([SiH3])(C(C)([Si]1(C)CCCC(C)(C)O1)[Si]1(C)CCCC(C)(C)O1)[Si]1(C)CCCC(C)(C)O1. The van der Waals surface area contributed by atoms with E-state index in [1.54, 1.807) is 6.92 Å². The second-order valence-corrected chi connectivity index (χ2v) is 30.5. The summed E-state index contributed by atoms with van der Waals surface area (Å²) in [7, 11) is -7.05. The van der Waals surface area contributed by atoms with E-state index in [-0.39, 0.29) is 27.4 Å². The molecule has 4 atom stereocenters. The highest BCUT2D eigenvalue weighted by molar-refractivity contribution is 7.00. The molecule has 37 heavy (non-hydrogen) atoms. The number of carbonyl (C=O) groups is 1. The Balaban J connectivity index is 2.36. The fraction of sp³-hybridized carbons (Fsp3) is 0.893. The minimum Gasteiger partial charge on any atom is -0.461 e. The van der Waals surface area contributed by atoms with Gasteiger partial charge < -0.3 is 18.0 Å². The van der Waals surface area contributed by atoms with Crippen LogP contribution < -0.4 is 0 Å². The van der Waals surface area contributed by atoms with Crippen LogP contribution in [0.3, 0.4) is 0 Å². The van der Waals surface area contributed by atoms with Crippen molar-refractivity contribution in [3.05, 3.63) is 12.2 Å². The van der Waals surface area contributed by atoms with Crippen molar-refractivity contribution in [3.8, 4) is 0 Å². The third kappa shape index (κ3) is 5.48. The van der Waals surface area contributed by atoms with E-state index in [1.807, 2.05) is 0 Å². The Labute approximate surface area is 233 Å². The van der Waals surface area contributed by atoms with E-state index in [9.17, 15) is 4.79 Å². The summed E-state index contributed by atoms with van der Waals surface area (Å²) in [6, 6.07) is 3.14. The highest BCUT2D eigenvalue weighted by atomic mass is 28.4. The van der Waals surface area contributed by atoms with Gasteiger partial charge in [0.2, 0.25) is 8.32 Å². The zero-order valence-corrected chi connectivity index (χ0v) is 31.1. The zero-order valence-electron chi connectivity index (χ0n) is 26.1. The lowest BCUT2D eigenvalue weighted by atomic mass is 10.0. The number of rotatable bonds is 6. The van der Waals surface area contributed by atoms with E-state index in [0.29, 0.717) is 15.8 Å². The van der Waals surface area contributed by atoms with E-state index < -0.39 is 29.8 Å². The van der Waals surface area contributed by atoms with Crippen LogP contribution in [0.5, 0.6) is 0 Å². The minimum absolute atomic E-state index is 0.189. The monoisotopic (exact) mass is 584 g/mol. The topological polar surface area (TPSA) is 54.0 Å². The number of esters is 1. The first kappa shape index (κ1) is 31.5. The Kier molecular flexibility index (Phi) is 8.34. The highest BCUT2D eigenvalue weighted by Crippen LogP contribution is 2.65. The van der Waals surface area contributed by atoms with Gasteiger partial charge in [-0.15, -0.1) is 0 Å². The van der Waals surface area contributed by atoms with Crippen molar-refractivity contribution >= 4 is 41.2 Å². The van der Waals surface area contributed by atoms with Gasteiger partial charge in [-0.2, -0.15) is 0 Å². The standard InChI is InChI=1S/C28H56O5Si4/c1-22(2)23(29)30-28(34,37(12)21-15-18-26(7,8)33-37)27(9,35(10)19-13-16-24(3,4)31-35)36(11)20-14-17-25(5,6)32-36/h1,13-21H2,2-12,34H3. The molecule has 0 amide bonds. The summed E-state index contributed by atoms with van der Waals surface area (Å²) >= 11 is 0. The van der Waals surface area contributed by atoms with Crippen LogP contribution in [0.15, 0.2) is 12.2 Å². The Morgan fingerprint density at radius 2 is 1.11 bits per heavy atom. The molecule has 3 aliphatic heterocycles. The molecule has 3 heterocycles. The molecule has 0 spiro atoms. The van der Waals surface area contributed by atoms with E-state index in [1.165, 1.54) is 0 Å². The molecular formula is C28H56O5Si4. The fourth-order valence-corrected chi connectivity index (χ4v) is 33.8. The molecule has 0 aromatic rings. The van der Waals surface area contributed by atoms with Gasteiger partial charge in [-0.25, -0.2) is 4.79 Å². The van der Waals surface area contributed by atoms with Gasteiger partial charge in [0.25, 0.3) is 0 Å². The first-order valence-electron chi connectivity index (χ1n) is 14.6. The van der Waals surface area contributed by atoms with Gasteiger partial charge in [0.1, 0.15) is 4.85 Å². The lowest BCUT2D eigenvalue weighted by Gasteiger charge is -2.68. The van der Waals surface area contributed by atoms with Crippen LogP contribution in [-0.4, -0.2) is 62.8 Å². The molecule has 0 N–H and O–H groups in total. The predicted molar refractivity (Wildman–Crippen MR) is 164 cm³/mol. The predicted octanol–water partition coefficient (Wildman–Crippen LogP) is 6.50. The molecule has 0 radical (unpaired) electrons. The molecule has 3 aliphatic rings. The average molecular weight is 585 g/mol. The molecule has 214 valence electrons. The maximum atomic E-state index is 13.6. The Morgan fingerprint density at radius 1 is 0.784 bits per heavy atom. The molecule has 4 unspecified atom stereocenters. The van der Waals surface area contributed by atoms with Crippen molar-refractivity contribution in [2.45, 2.75) is 158 Å². The fourth-order valence-electron chi connectivity index (χ4n) is 8.31. The Morgan fingerprint density at radius 3 is 1.43 bits per heavy atom. The van der Waals surface area contributed by atoms with Gasteiger partial charge >= 0.3 is 5.97 Å². The van der Waals surface area contributed by atoms with Crippen molar-refractivity contribution in [2.75, 3.05) is 0 Å². The van der Waals surface area contributed by atoms with Crippen LogP contribution >= 0.6 is 0 Å². The smallest absolute Gasteiger partial charge is 0.333 e. The van der Waals surface area contributed by atoms with Crippen molar-refractivity contribution in [3.63, 3.8) is 0 Å². The molecule has 0 aromatic heterocycles. The quantitative estimate of drug-likeness (QED) is 0.203. The van der Waals surface area contributed by atoms with Crippen LogP contribution in [0.4, 0.5) is 0 Å². The van der Waals surface area contributed by atoms with E-state index in [4.69, 9.17) is 18.0 Å². The van der Waals surface area contributed by atoms with Crippen molar-refractivity contribution in [1.29, 1.82) is 0 Å². The van der Waals surface area contributed by atoms with Gasteiger partial charge in [-0.05, 0) is 106 Å². The number of hydrogen-bond acceptors (Lipinski definition) is 5. The normalized spacial score (nSPS) is 38.7. The third-order valence-electron chi connectivity index (χ3n) is 10.5. The van der Waals surface area contributed by atoms with E-state index >= 15 is 0 Å². The third-order valence-corrected chi connectivity index (χ3v) is 34.3. The van der Waals surface area contributed by atoms with E-state index in [0.717, 1.165) is 56.7 Å². The summed E-state index contributed by atoms with van der Waals surface area (Å²) in [6.07, 6.45) is 6.57. The first-order chi connectivity index (χ1) is 16.6. The molecule has 0 aliphatic carbocycles. The molecule has 3 saturated heterocycles. The van der Waals surface area contributed by atoms with Crippen LogP contribution in [0.2, 0.25) is 42.4 Å². The molecule has 3 rings (SSSR count). The van der Waals surface area contributed by atoms with Gasteiger partial charge in [-0.3, -0.25) is 0 Å². The lowest BCUT2D eigenvalue weighted by Crippen LogP contribution is -2.82. The van der Waals surface area contributed by atoms with Crippen molar-refractivity contribution < 1.29 is 22.8 Å². The molecule has 0 bridgehead atoms. The zero-order chi connectivity index (χ0) is 28.3. The molecule has 9 heteroatoms. The van der Waals surface area contributed by atoms with Crippen molar-refractivity contribution in [2.24, 2.45) is 0 Å². The summed E-state index contributed by atoms with van der Waals surface area (Å²) in [6.45, 7) is 28.9. The molecule has 3 fully saturated rings. The molecule has 0 saturated carbocycles. The van der Waals surface area contributed by atoms with Gasteiger partial charge in [0, 0.05) is 10.2 Å². The summed E-state index contributed by atoms with van der Waals surface area (Å²) < 4.78 is 28.5. The second-order valence-electron chi connectivity index (χ2n) is 15.2. The summed E-state index contributed by atoms with van der Waals surface area (Å²) in [5, 5.41) is 0. The van der Waals surface area contributed by atoms with Crippen LogP contribution in [0, 0.1) is 0 Å². The maximum absolute atomic E-state index is 13.6. The van der Waals surface area contributed by atoms with E-state index in [2.05, 4.69) is 74.7 Å². The second kappa shape index (κ2) is 9.80. The number of carbonyl (C=O) groups excluding carboxylic acids is 1. The summed E-state index contributed by atoms with van der Waals surface area (Å²) in [5.41, 5.74) is -0.143. The van der Waals surface area contributed by atoms with Gasteiger partial charge in [-0.1, -0.05) is 32.8 Å². The van der Waals surface area contributed by atoms with Gasteiger partial charge in [0.15, 0.2) is 16.6 Å². The number of ether oxygens (including phenoxy) is 1. The Hall–Kier alpha value is -0.0425. The maximum Gasteiger partial charge on any atom is 0.333 e. The van der Waals surface area contributed by atoms with Gasteiger partial charge in [0.05, 0.1) is 27.0 Å². The lowest BCUT2D eigenvalue weighted by molar-refractivity contribution is -0.146.